The van der Waals surface area contributed by atoms with Gasteiger partial charge < -0.3 is 4.74 Å². The SMILES string of the molecule is Cc1nnc(SCc2csc([C@@H]3CCCO3)n2)c(C#N)c1C. The molecule has 1 aliphatic rings. The van der Waals surface area contributed by atoms with Crippen LogP contribution < -0.4 is 0 Å². The summed E-state index contributed by atoms with van der Waals surface area (Å²) in [5.41, 5.74) is 3.32. The van der Waals surface area contributed by atoms with Gasteiger partial charge in [0.25, 0.3) is 0 Å². The van der Waals surface area contributed by atoms with Gasteiger partial charge in [0.1, 0.15) is 22.2 Å². The van der Waals surface area contributed by atoms with Crippen LogP contribution in [0.1, 0.15) is 46.5 Å². The summed E-state index contributed by atoms with van der Waals surface area (Å²) in [7, 11) is 0. The third-order valence-electron chi connectivity index (χ3n) is 3.67. The maximum atomic E-state index is 9.31. The van der Waals surface area contributed by atoms with Gasteiger partial charge in [-0.25, -0.2) is 4.98 Å². The summed E-state index contributed by atoms with van der Waals surface area (Å²) in [5, 5.41) is 21.4. The third kappa shape index (κ3) is 3.14. The molecule has 0 saturated carbocycles. The average Bonchev–Trinajstić information content (AvgIpc) is 3.19. The molecule has 1 fully saturated rings. The van der Waals surface area contributed by atoms with Crippen molar-refractivity contribution in [2.24, 2.45) is 0 Å². The fraction of sp³-hybridized carbons (Fsp3) is 0.467. The molecule has 2 aromatic heterocycles. The van der Waals surface area contributed by atoms with E-state index in [4.69, 9.17) is 4.74 Å². The van der Waals surface area contributed by atoms with Gasteiger partial charge in [-0.3, -0.25) is 0 Å². The molecule has 0 aromatic carbocycles. The molecule has 0 aliphatic carbocycles. The van der Waals surface area contributed by atoms with E-state index >= 15 is 0 Å². The zero-order valence-electron chi connectivity index (χ0n) is 12.5. The largest absolute Gasteiger partial charge is 0.371 e. The Hall–Kier alpha value is -1.49. The molecule has 3 rings (SSSR count). The van der Waals surface area contributed by atoms with E-state index in [0.29, 0.717) is 16.3 Å². The van der Waals surface area contributed by atoms with E-state index in [0.717, 1.165) is 41.4 Å². The normalized spacial score (nSPS) is 17.6. The lowest BCUT2D eigenvalue weighted by molar-refractivity contribution is 0.111. The van der Waals surface area contributed by atoms with Crippen molar-refractivity contribution in [3.05, 3.63) is 32.9 Å². The molecule has 0 N–H and O–H groups in total. The molecule has 0 radical (unpaired) electrons. The molecule has 1 atom stereocenters. The Balaban J connectivity index is 1.70. The predicted octanol–water partition coefficient (Wildman–Crippen LogP) is 3.57. The average molecular weight is 332 g/mol. The van der Waals surface area contributed by atoms with Crippen LogP contribution in [-0.2, 0) is 10.5 Å². The molecule has 1 aliphatic heterocycles. The van der Waals surface area contributed by atoms with Crippen LogP contribution in [0.2, 0.25) is 0 Å². The van der Waals surface area contributed by atoms with Crippen LogP contribution in [0.25, 0.3) is 0 Å². The van der Waals surface area contributed by atoms with Crippen LogP contribution in [0, 0.1) is 25.2 Å². The second-order valence-electron chi connectivity index (χ2n) is 5.17. The molecule has 1 saturated heterocycles. The first-order valence-electron chi connectivity index (χ1n) is 7.11. The van der Waals surface area contributed by atoms with Crippen molar-refractivity contribution >= 4 is 23.1 Å². The molecule has 114 valence electrons. The van der Waals surface area contributed by atoms with E-state index < -0.39 is 0 Å². The Bertz CT molecular complexity index is 717. The lowest BCUT2D eigenvalue weighted by Gasteiger charge is -2.06. The number of nitrogens with zero attached hydrogens (tertiary/aromatic N) is 4. The summed E-state index contributed by atoms with van der Waals surface area (Å²) in [6, 6.07) is 2.23. The van der Waals surface area contributed by atoms with Crippen LogP contribution in [0.4, 0.5) is 0 Å². The van der Waals surface area contributed by atoms with E-state index in [-0.39, 0.29) is 6.10 Å². The summed E-state index contributed by atoms with van der Waals surface area (Å²) < 4.78 is 5.66. The third-order valence-corrected chi connectivity index (χ3v) is 5.65. The molecule has 0 amide bonds. The first-order chi connectivity index (χ1) is 10.7. The Labute approximate surface area is 137 Å². The molecule has 0 unspecified atom stereocenters. The van der Waals surface area contributed by atoms with E-state index in [1.165, 1.54) is 11.8 Å². The maximum absolute atomic E-state index is 9.31. The molecular formula is C15H16N4OS2. The number of aromatic nitrogens is 3. The number of aryl methyl sites for hydroxylation is 1. The quantitative estimate of drug-likeness (QED) is 0.797. The molecule has 5 nitrogen and oxygen atoms in total. The number of nitriles is 1. The minimum atomic E-state index is 0.167. The molecule has 22 heavy (non-hydrogen) atoms. The van der Waals surface area contributed by atoms with Crippen molar-refractivity contribution in [1.29, 1.82) is 5.26 Å². The minimum Gasteiger partial charge on any atom is -0.371 e. The Morgan fingerprint density at radius 2 is 2.32 bits per heavy atom. The highest BCUT2D eigenvalue weighted by Crippen LogP contribution is 2.32. The fourth-order valence-electron chi connectivity index (χ4n) is 2.27. The molecule has 2 aromatic rings. The number of thiazole rings is 1. The van der Waals surface area contributed by atoms with Gasteiger partial charge in [0.2, 0.25) is 0 Å². The molecule has 0 spiro atoms. The monoisotopic (exact) mass is 332 g/mol. The summed E-state index contributed by atoms with van der Waals surface area (Å²) in [5.74, 6) is 0.690. The second-order valence-corrected chi connectivity index (χ2v) is 7.02. The van der Waals surface area contributed by atoms with Crippen molar-refractivity contribution in [2.75, 3.05) is 6.61 Å². The second kappa shape index (κ2) is 6.73. The molecule has 3 heterocycles. The van der Waals surface area contributed by atoms with Crippen LogP contribution in [0.15, 0.2) is 10.4 Å². The van der Waals surface area contributed by atoms with Crippen molar-refractivity contribution < 1.29 is 4.74 Å². The minimum absolute atomic E-state index is 0.167. The molecule has 7 heteroatoms. The van der Waals surface area contributed by atoms with E-state index in [2.05, 4.69) is 26.6 Å². The number of hydrogen-bond donors (Lipinski definition) is 0. The smallest absolute Gasteiger partial charge is 0.137 e. The van der Waals surface area contributed by atoms with Gasteiger partial charge in [0, 0.05) is 17.7 Å². The molecular weight excluding hydrogens is 316 g/mol. The first-order valence-corrected chi connectivity index (χ1v) is 8.98. The highest BCUT2D eigenvalue weighted by Gasteiger charge is 2.21. The Morgan fingerprint density at radius 1 is 1.45 bits per heavy atom. The van der Waals surface area contributed by atoms with E-state index in [1.54, 1.807) is 11.3 Å². The van der Waals surface area contributed by atoms with Crippen LogP contribution in [-0.4, -0.2) is 21.8 Å². The summed E-state index contributed by atoms with van der Waals surface area (Å²) >= 11 is 3.16. The summed E-state index contributed by atoms with van der Waals surface area (Å²) in [6.45, 7) is 4.61. The van der Waals surface area contributed by atoms with Crippen molar-refractivity contribution in [3.8, 4) is 6.07 Å². The standard InChI is InChI=1S/C15H16N4OS2/c1-9-10(2)18-19-14(12(9)6-16)21-7-11-8-22-15(17-11)13-4-3-5-20-13/h8,13H,3-5,7H2,1-2H3/t13-/m0/s1. The maximum Gasteiger partial charge on any atom is 0.137 e. The van der Waals surface area contributed by atoms with Crippen LogP contribution in [0.5, 0.6) is 0 Å². The number of rotatable bonds is 4. The van der Waals surface area contributed by atoms with Crippen molar-refractivity contribution in [1.82, 2.24) is 15.2 Å². The fourth-order valence-corrected chi connectivity index (χ4v) is 4.15. The van der Waals surface area contributed by atoms with Gasteiger partial charge in [0.05, 0.1) is 17.0 Å². The van der Waals surface area contributed by atoms with Gasteiger partial charge >= 0.3 is 0 Å². The van der Waals surface area contributed by atoms with Gasteiger partial charge in [-0.05, 0) is 32.3 Å². The highest BCUT2D eigenvalue weighted by atomic mass is 32.2. The number of hydrogen-bond acceptors (Lipinski definition) is 7. The first kappa shape index (κ1) is 15.4. The van der Waals surface area contributed by atoms with Gasteiger partial charge in [0.15, 0.2) is 0 Å². The van der Waals surface area contributed by atoms with E-state index in [9.17, 15) is 5.26 Å². The lowest BCUT2D eigenvalue weighted by Crippen LogP contribution is -1.99. The highest BCUT2D eigenvalue weighted by molar-refractivity contribution is 7.98. The topological polar surface area (TPSA) is 71.7 Å². The number of thioether (sulfide) groups is 1. The van der Waals surface area contributed by atoms with Gasteiger partial charge in [-0.1, -0.05) is 11.8 Å². The Morgan fingerprint density at radius 3 is 3.05 bits per heavy atom. The summed E-state index contributed by atoms with van der Waals surface area (Å²) in [4.78, 5) is 4.64. The Kier molecular flexibility index (Phi) is 4.71. The summed E-state index contributed by atoms with van der Waals surface area (Å²) in [6.07, 6.45) is 2.33. The zero-order chi connectivity index (χ0) is 15.5. The van der Waals surface area contributed by atoms with Crippen LogP contribution >= 0.6 is 23.1 Å². The van der Waals surface area contributed by atoms with Gasteiger partial charge in [-0.15, -0.1) is 16.4 Å². The predicted molar refractivity (Wildman–Crippen MR) is 85.8 cm³/mol. The van der Waals surface area contributed by atoms with E-state index in [1.807, 2.05) is 13.8 Å². The van der Waals surface area contributed by atoms with Gasteiger partial charge in [-0.2, -0.15) is 10.4 Å². The zero-order valence-corrected chi connectivity index (χ0v) is 14.1. The van der Waals surface area contributed by atoms with Crippen molar-refractivity contribution in [3.63, 3.8) is 0 Å². The van der Waals surface area contributed by atoms with Crippen LogP contribution in [0.3, 0.4) is 0 Å². The molecule has 0 bridgehead atoms. The number of ether oxygens (including phenoxy) is 1. The lowest BCUT2D eigenvalue weighted by atomic mass is 10.1. The van der Waals surface area contributed by atoms with Crippen molar-refractivity contribution in [2.45, 2.75) is 43.6 Å².